The van der Waals surface area contributed by atoms with Crippen molar-refractivity contribution >= 4 is 12.0 Å². The van der Waals surface area contributed by atoms with Gasteiger partial charge in [0.1, 0.15) is 23.2 Å². The highest BCUT2D eigenvalue weighted by Gasteiger charge is 2.15. The Bertz CT molecular complexity index is 1310. The summed E-state index contributed by atoms with van der Waals surface area (Å²) >= 11 is 0. The maximum atomic E-state index is 12.7. The molecule has 0 spiro atoms. The molecule has 0 fully saturated rings. The molecule has 0 aliphatic rings. The van der Waals surface area contributed by atoms with Crippen LogP contribution in [0.5, 0.6) is 5.75 Å². The van der Waals surface area contributed by atoms with Gasteiger partial charge in [0, 0.05) is 17.3 Å². The van der Waals surface area contributed by atoms with Crippen molar-refractivity contribution in [3.63, 3.8) is 0 Å². The van der Waals surface area contributed by atoms with Gasteiger partial charge in [-0.25, -0.2) is 4.68 Å². The van der Waals surface area contributed by atoms with Crippen LogP contribution >= 0.6 is 0 Å². The molecular formula is C27H24N4O3. The summed E-state index contributed by atoms with van der Waals surface area (Å²) in [6.07, 6.45) is 4.96. The highest BCUT2D eigenvalue weighted by atomic mass is 16.5. The first-order valence-electron chi connectivity index (χ1n) is 10.9. The van der Waals surface area contributed by atoms with Gasteiger partial charge in [-0.2, -0.15) is 10.4 Å². The fourth-order valence-electron chi connectivity index (χ4n) is 3.37. The molecule has 0 radical (unpaired) electrons. The first-order chi connectivity index (χ1) is 16.5. The predicted molar refractivity (Wildman–Crippen MR) is 129 cm³/mol. The molecule has 0 bridgehead atoms. The number of nitrogens with one attached hydrogen (secondary N) is 1. The first-order valence-corrected chi connectivity index (χ1v) is 10.9. The zero-order chi connectivity index (χ0) is 23.9. The van der Waals surface area contributed by atoms with E-state index in [-0.39, 0.29) is 18.2 Å². The summed E-state index contributed by atoms with van der Waals surface area (Å²) in [4.78, 5) is 12.7. The van der Waals surface area contributed by atoms with E-state index in [1.54, 1.807) is 29.1 Å². The summed E-state index contributed by atoms with van der Waals surface area (Å²) in [6, 6.07) is 22.7. The van der Waals surface area contributed by atoms with Crippen LogP contribution in [0.25, 0.3) is 23.0 Å². The largest absolute Gasteiger partial charge is 0.491 e. The molecule has 7 nitrogen and oxygen atoms in total. The Morgan fingerprint density at radius 1 is 1.15 bits per heavy atom. The molecular weight excluding hydrogens is 428 g/mol. The number of carbonyl (C=O) groups excluding carboxylic acids is 1. The molecule has 0 unspecified atom stereocenters. The second kappa shape index (κ2) is 10.4. The number of amides is 1. The van der Waals surface area contributed by atoms with Crippen LogP contribution in [0.4, 0.5) is 0 Å². The van der Waals surface area contributed by atoms with E-state index in [4.69, 9.17) is 14.3 Å². The molecule has 7 heteroatoms. The van der Waals surface area contributed by atoms with Crippen molar-refractivity contribution in [3.8, 4) is 28.8 Å². The van der Waals surface area contributed by atoms with Crippen LogP contribution in [0.3, 0.4) is 0 Å². The zero-order valence-electron chi connectivity index (χ0n) is 18.9. The normalized spacial score (nSPS) is 11.3. The molecule has 1 N–H and O–H groups in total. The van der Waals surface area contributed by atoms with Crippen LogP contribution in [0.15, 0.2) is 89.2 Å². The topological polar surface area (TPSA) is 93.1 Å². The lowest BCUT2D eigenvalue weighted by atomic mass is 10.1. The van der Waals surface area contributed by atoms with Crippen molar-refractivity contribution in [2.75, 3.05) is 0 Å². The minimum absolute atomic E-state index is 0.0276. The third kappa shape index (κ3) is 5.43. The SMILES string of the molecule is CC(C)Oc1ccc(-c2nn(-c3ccccc3)cc2/C=C(\C#N)C(=O)NCc2ccco2)cc1. The number of furan rings is 1. The molecule has 0 saturated heterocycles. The molecule has 2 aromatic carbocycles. The summed E-state index contributed by atoms with van der Waals surface area (Å²) in [5.41, 5.74) is 2.96. The van der Waals surface area contributed by atoms with Crippen molar-refractivity contribution in [1.82, 2.24) is 15.1 Å². The third-order valence-corrected chi connectivity index (χ3v) is 4.93. The summed E-state index contributed by atoms with van der Waals surface area (Å²) in [5, 5.41) is 17.1. The van der Waals surface area contributed by atoms with Gasteiger partial charge < -0.3 is 14.5 Å². The molecule has 1 amide bonds. The number of benzene rings is 2. The average Bonchev–Trinajstić information content (AvgIpc) is 3.52. The maximum absolute atomic E-state index is 12.7. The Labute approximate surface area is 197 Å². The van der Waals surface area contributed by atoms with Gasteiger partial charge in [0.15, 0.2) is 0 Å². The minimum atomic E-state index is -0.488. The van der Waals surface area contributed by atoms with Crippen LogP contribution in [0.1, 0.15) is 25.2 Å². The van der Waals surface area contributed by atoms with Gasteiger partial charge in [0.2, 0.25) is 0 Å². The predicted octanol–water partition coefficient (Wildman–Crippen LogP) is 5.14. The molecule has 0 saturated carbocycles. The molecule has 34 heavy (non-hydrogen) atoms. The van der Waals surface area contributed by atoms with Gasteiger partial charge in [-0.1, -0.05) is 18.2 Å². The minimum Gasteiger partial charge on any atom is -0.491 e. The smallest absolute Gasteiger partial charge is 0.262 e. The summed E-state index contributed by atoms with van der Waals surface area (Å²) < 4.78 is 12.7. The van der Waals surface area contributed by atoms with E-state index in [1.165, 1.54) is 6.26 Å². The number of ether oxygens (including phenoxy) is 1. The van der Waals surface area contributed by atoms with Crippen molar-refractivity contribution in [1.29, 1.82) is 5.26 Å². The number of rotatable bonds is 8. The molecule has 4 aromatic rings. The Balaban J connectivity index is 1.68. The van der Waals surface area contributed by atoms with Crippen LogP contribution in [0, 0.1) is 11.3 Å². The molecule has 2 aromatic heterocycles. The number of hydrogen-bond acceptors (Lipinski definition) is 5. The lowest BCUT2D eigenvalue weighted by Crippen LogP contribution is -2.23. The molecule has 0 aliphatic carbocycles. The fourth-order valence-corrected chi connectivity index (χ4v) is 3.37. The molecule has 4 rings (SSSR count). The van der Waals surface area contributed by atoms with E-state index >= 15 is 0 Å². The van der Waals surface area contributed by atoms with Crippen LogP contribution in [0.2, 0.25) is 0 Å². The highest BCUT2D eigenvalue weighted by Crippen LogP contribution is 2.28. The Morgan fingerprint density at radius 2 is 1.91 bits per heavy atom. The van der Waals surface area contributed by atoms with Gasteiger partial charge in [-0.15, -0.1) is 0 Å². The Hall–Kier alpha value is -4.57. The van der Waals surface area contributed by atoms with Gasteiger partial charge in [-0.05, 0) is 68.5 Å². The maximum Gasteiger partial charge on any atom is 0.262 e. The van der Waals surface area contributed by atoms with Crippen LogP contribution in [-0.2, 0) is 11.3 Å². The number of hydrogen-bond donors (Lipinski definition) is 1. The summed E-state index contributed by atoms with van der Waals surface area (Å²) in [5.74, 6) is 0.873. The van der Waals surface area contributed by atoms with E-state index in [2.05, 4.69) is 5.32 Å². The van der Waals surface area contributed by atoms with E-state index in [0.717, 1.165) is 17.0 Å². The average molecular weight is 453 g/mol. The van der Waals surface area contributed by atoms with Crippen LogP contribution in [-0.4, -0.2) is 21.8 Å². The number of nitriles is 1. The second-order valence-corrected chi connectivity index (χ2v) is 7.84. The standard InChI is InChI=1S/C27H24N4O3/c1-19(2)34-24-12-10-20(11-13-24)26-22(18-31(30-26)23-7-4-3-5-8-23)15-21(16-28)27(32)29-17-25-9-6-14-33-25/h3-15,18-19H,17H2,1-2H3,(H,29,32)/b21-15+. The van der Waals surface area contributed by atoms with Crippen molar-refractivity contribution in [2.24, 2.45) is 0 Å². The molecule has 2 heterocycles. The lowest BCUT2D eigenvalue weighted by molar-refractivity contribution is -0.117. The fraction of sp³-hybridized carbons (Fsp3) is 0.148. The monoisotopic (exact) mass is 452 g/mol. The van der Waals surface area contributed by atoms with Crippen molar-refractivity contribution in [3.05, 3.63) is 96.1 Å². The van der Waals surface area contributed by atoms with Crippen molar-refractivity contribution < 1.29 is 13.9 Å². The van der Waals surface area contributed by atoms with Gasteiger partial charge in [-0.3, -0.25) is 4.79 Å². The highest BCUT2D eigenvalue weighted by molar-refractivity contribution is 6.02. The van der Waals surface area contributed by atoms with Gasteiger partial charge >= 0.3 is 0 Å². The van der Waals surface area contributed by atoms with Crippen LogP contribution < -0.4 is 10.1 Å². The van der Waals surface area contributed by atoms with Gasteiger partial charge in [0.25, 0.3) is 5.91 Å². The van der Waals surface area contributed by atoms with E-state index in [0.29, 0.717) is 17.0 Å². The second-order valence-electron chi connectivity index (χ2n) is 7.84. The molecule has 170 valence electrons. The zero-order valence-corrected chi connectivity index (χ0v) is 18.9. The van der Waals surface area contributed by atoms with Gasteiger partial charge in [0.05, 0.1) is 30.3 Å². The Kier molecular flexibility index (Phi) is 6.89. The third-order valence-electron chi connectivity index (χ3n) is 4.93. The van der Waals surface area contributed by atoms with E-state index in [1.807, 2.05) is 74.5 Å². The number of aromatic nitrogens is 2. The van der Waals surface area contributed by atoms with Crippen molar-refractivity contribution in [2.45, 2.75) is 26.5 Å². The number of carbonyl (C=O) groups is 1. The van der Waals surface area contributed by atoms with E-state index < -0.39 is 5.91 Å². The molecule has 0 atom stereocenters. The number of nitrogens with zero attached hydrogens (tertiary/aromatic N) is 3. The number of para-hydroxylation sites is 1. The quantitative estimate of drug-likeness (QED) is 0.295. The first kappa shape index (κ1) is 22.6. The molecule has 0 aliphatic heterocycles. The lowest BCUT2D eigenvalue weighted by Gasteiger charge is -2.09. The summed E-state index contributed by atoms with van der Waals surface area (Å²) in [6.45, 7) is 4.13. The Morgan fingerprint density at radius 3 is 2.56 bits per heavy atom. The van der Waals surface area contributed by atoms with E-state index in [9.17, 15) is 10.1 Å². The summed E-state index contributed by atoms with van der Waals surface area (Å²) in [7, 11) is 0.